The normalized spacial score (nSPS) is 12.0. The fourth-order valence-electron chi connectivity index (χ4n) is 1.96. The molecule has 1 aromatic heterocycles. The zero-order valence-electron chi connectivity index (χ0n) is 12.5. The van der Waals surface area contributed by atoms with Gasteiger partial charge in [-0.05, 0) is 19.1 Å². The number of sulfonamides is 1. The number of likely N-dealkylation sites (N-methyl/N-ethyl adjacent to an activating group) is 1. The Morgan fingerprint density at radius 1 is 1.36 bits per heavy atom. The average molecular weight is 327 g/mol. The number of nitrogens with zero attached hydrogens (tertiary/aromatic N) is 2. The molecular weight excluding hydrogens is 310 g/mol. The minimum absolute atomic E-state index is 0.0175. The summed E-state index contributed by atoms with van der Waals surface area (Å²) in [5.41, 5.74) is 0.492. The summed E-state index contributed by atoms with van der Waals surface area (Å²) in [5.74, 6) is -1.03. The Bertz CT molecular complexity index is 863. The SMILES string of the molecule is CCNC(=O)Cn1c(=O)oc2cc(S(=O)(=O)N(C)C)ccc21. The van der Waals surface area contributed by atoms with Crippen LogP contribution in [0.5, 0.6) is 0 Å². The maximum atomic E-state index is 12.1. The Kier molecular flexibility index (Phi) is 4.38. The number of hydrogen-bond acceptors (Lipinski definition) is 5. The summed E-state index contributed by atoms with van der Waals surface area (Å²) in [6, 6.07) is 4.11. The number of oxazole rings is 1. The van der Waals surface area contributed by atoms with Crippen molar-refractivity contribution in [2.45, 2.75) is 18.4 Å². The number of carbonyl (C=O) groups excluding carboxylic acids is 1. The number of carbonyl (C=O) groups is 1. The molecular formula is C13H17N3O5S. The van der Waals surface area contributed by atoms with E-state index in [1.165, 1.54) is 32.3 Å². The van der Waals surface area contributed by atoms with Crippen LogP contribution in [-0.2, 0) is 21.4 Å². The first-order valence-corrected chi connectivity index (χ1v) is 8.04. The molecule has 0 radical (unpaired) electrons. The second kappa shape index (κ2) is 5.93. The monoisotopic (exact) mass is 327 g/mol. The van der Waals surface area contributed by atoms with E-state index in [0.717, 1.165) is 8.87 Å². The van der Waals surface area contributed by atoms with E-state index in [1.807, 2.05) is 0 Å². The molecule has 0 aliphatic rings. The van der Waals surface area contributed by atoms with Crippen LogP contribution in [0.1, 0.15) is 6.92 Å². The fraction of sp³-hybridized carbons (Fsp3) is 0.385. The Morgan fingerprint density at radius 2 is 2.05 bits per heavy atom. The highest BCUT2D eigenvalue weighted by molar-refractivity contribution is 7.89. The van der Waals surface area contributed by atoms with E-state index in [9.17, 15) is 18.0 Å². The van der Waals surface area contributed by atoms with Crippen molar-refractivity contribution in [2.24, 2.45) is 0 Å². The van der Waals surface area contributed by atoms with Crippen LogP contribution in [0.3, 0.4) is 0 Å². The second-order valence-corrected chi connectivity index (χ2v) is 6.98. The lowest BCUT2D eigenvalue weighted by molar-refractivity contribution is -0.121. The predicted molar refractivity (Wildman–Crippen MR) is 80.0 cm³/mol. The number of amides is 1. The van der Waals surface area contributed by atoms with Crippen LogP contribution in [-0.4, -0.2) is 43.8 Å². The maximum absolute atomic E-state index is 12.1. The van der Waals surface area contributed by atoms with E-state index in [-0.39, 0.29) is 22.9 Å². The summed E-state index contributed by atoms with van der Waals surface area (Å²) in [5, 5.41) is 2.58. The van der Waals surface area contributed by atoms with Gasteiger partial charge in [0.05, 0.1) is 10.4 Å². The van der Waals surface area contributed by atoms with Crippen molar-refractivity contribution in [3.05, 3.63) is 28.7 Å². The van der Waals surface area contributed by atoms with Crippen molar-refractivity contribution in [3.8, 4) is 0 Å². The molecule has 0 saturated carbocycles. The number of hydrogen-bond donors (Lipinski definition) is 1. The van der Waals surface area contributed by atoms with E-state index in [4.69, 9.17) is 4.42 Å². The number of benzene rings is 1. The first-order valence-electron chi connectivity index (χ1n) is 6.60. The average Bonchev–Trinajstić information content (AvgIpc) is 2.74. The molecule has 1 aromatic carbocycles. The third kappa shape index (κ3) is 2.90. The van der Waals surface area contributed by atoms with Gasteiger partial charge in [0, 0.05) is 26.7 Å². The van der Waals surface area contributed by atoms with E-state index < -0.39 is 15.8 Å². The zero-order valence-corrected chi connectivity index (χ0v) is 13.3. The Morgan fingerprint density at radius 3 is 2.64 bits per heavy atom. The molecule has 2 rings (SSSR count). The van der Waals surface area contributed by atoms with Gasteiger partial charge in [-0.3, -0.25) is 9.36 Å². The molecule has 0 saturated heterocycles. The zero-order chi connectivity index (χ0) is 16.5. The first-order chi connectivity index (χ1) is 10.3. The van der Waals surface area contributed by atoms with Crippen molar-refractivity contribution in [3.63, 3.8) is 0 Å². The summed E-state index contributed by atoms with van der Waals surface area (Å²) in [4.78, 5) is 23.5. The third-order valence-corrected chi connectivity index (χ3v) is 4.91. The number of nitrogens with one attached hydrogen (secondary N) is 1. The number of fused-ring (bicyclic) bond motifs is 1. The summed E-state index contributed by atoms with van der Waals surface area (Å²) in [7, 11) is -0.796. The van der Waals surface area contributed by atoms with Crippen LogP contribution >= 0.6 is 0 Å². The highest BCUT2D eigenvalue weighted by Crippen LogP contribution is 2.20. The first kappa shape index (κ1) is 16.2. The van der Waals surface area contributed by atoms with E-state index in [1.54, 1.807) is 6.92 Å². The predicted octanol–water partition coefficient (Wildman–Crippen LogP) is -0.0191. The molecule has 2 aromatic rings. The Labute approximate surface area is 127 Å². The standard InChI is InChI=1S/C13H17N3O5S/c1-4-14-12(17)8-16-10-6-5-9(22(19,20)15(2)3)7-11(10)21-13(16)18/h5-7H,4,8H2,1-3H3,(H,14,17). The van der Waals surface area contributed by atoms with Crippen molar-refractivity contribution >= 4 is 27.0 Å². The van der Waals surface area contributed by atoms with Crippen LogP contribution in [0, 0.1) is 0 Å². The number of aromatic nitrogens is 1. The second-order valence-electron chi connectivity index (χ2n) is 4.82. The number of rotatable bonds is 5. The summed E-state index contributed by atoms with van der Waals surface area (Å²) < 4.78 is 31.4. The molecule has 0 aliphatic carbocycles. The lowest BCUT2D eigenvalue weighted by atomic mass is 10.3. The highest BCUT2D eigenvalue weighted by atomic mass is 32.2. The third-order valence-electron chi connectivity index (χ3n) is 3.09. The van der Waals surface area contributed by atoms with Crippen molar-refractivity contribution in [1.29, 1.82) is 0 Å². The van der Waals surface area contributed by atoms with Gasteiger partial charge in [-0.25, -0.2) is 17.5 Å². The van der Waals surface area contributed by atoms with Crippen LogP contribution in [0.25, 0.3) is 11.1 Å². The topological polar surface area (TPSA) is 102 Å². The van der Waals surface area contributed by atoms with Gasteiger partial charge in [-0.1, -0.05) is 0 Å². The van der Waals surface area contributed by atoms with E-state index in [0.29, 0.717) is 12.1 Å². The van der Waals surface area contributed by atoms with Crippen LogP contribution in [0.2, 0.25) is 0 Å². The van der Waals surface area contributed by atoms with Crippen LogP contribution in [0.4, 0.5) is 0 Å². The molecule has 1 heterocycles. The van der Waals surface area contributed by atoms with Crippen molar-refractivity contribution in [2.75, 3.05) is 20.6 Å². The lowest BCUT2D eigenvalue weighted by Gasteiger charge is -2.10. The van der Waals surface area contributed by atoms with Gasteiger partial charge in [0.15, 0.2) is 5.58 Å². The smallest absolute Gasteiger partial charge is 0.408 e. The van der Waals surface area contributed by atoms with Gasteiger partial charge in [-0.2, -0.15) is 0 Å². The molecule has 0 aliphatic heterocycles. The van der Waals surface area contributed by atoms with E-state index >= 15 is 0 Å². The van der Waals surface area contributed by atoms with Crippen LogP contribution in [0.15, 0.2) is 32.3 Å². The molecule has 0 bridgehead atoms. The summed E-state index contributed by atoms with van der Waals surface area (Å²) in [6.45, 7) is 2.04. The molecule has 1 N–H and O–H groups in total. The molecule has 8 nitrogen and oxygen atoms in total. The summed E-state index contributed by atoms with van der Waals surface area (Å²) in [6.07, 6.45) is 0. The molecule has 0 fully saturated rings. The molecule has 9 heteroatoms. The molecule has 0 unspecified atom stereocenters. The van der Waals surface area contributed by atoms with Gasteiger partial charge >= 0.3 is 5.76 Å². The minimum atomic E-state index is -3.62. The molecule has 120 valence electrons. The molecule has 1 amide bonds. The molecule has 0 spiro atoms. The van der Waals surface area contributed by atoms with Crippen molar-refractivity contribution in [1.82, 2.24) is 14.2 Å². The van der Waals surface area contributed by atoms with Gasteiger partial charge in [0.2, 0.25) is 15.9 Å². The molecule has 0 atom stereocenters. The van der Waals surface area contributed by atoms with E-state index in [2.05, 4.69) is 5.32 Å². The lowest BCUT2D eigenvalue weighted by Crippen LogP contribution is -2.30. The minimum Gasteiger partial charge on any atom is -0.408 e. The van der Waals surface area contributed by atoms with Gasteiger partial charge in [0.25, 0.3) is 0 Å². The van der Waals surface area contributed by atoms with Crippen LogP contribution < -0.4 is 11.1 Å². The quantitative estimate of drug-likeness (QED) is 0.831. The molecule has 22 heavy (non-hydrogen) atoms. The highest BCUT2D eigenvalue weighted by Gasteiger charge is 2.20. The maximum Gasteiger partial charge on any atom is 0.420 e. The van der Waals surface area contributed by atoms with Gasteiger partial charge in [0.1, 0.15) is 6.54 Å². The van der Waals surface area contributed by atoms with Gasteiger partial charge in [-0.15, -0.1) is 0 Å². The fourth-order valence-corrected chi connectivity index (χ4v) is 2.88. The Balaban J connectivity index is 2.50. The van der Waals surface area contributed by atoms with Crippen molar-refractivity contribution < 1.29 is 17.6 Å². The summed E-state index contributed by atoms with van der Waals surface area (Å²) >= 11 is 0. The largest absolute Gasteiger partial charge is 0.420 e. The van der Waals surface area contributed by atoms with Gasteiger partial charge < -0.3 is 9.73 Å². The Hall–Kier alpha value is -2.13.